The van der Waals surface area contributed by atoms with Crippen LogP contribution < -0.4 is 11.3 Å². The highest BCUT2D eigenvalue weighted by Crippen LogP contribution is 2.23. The van der Waals surface area contributed by atoms with Gasteiger partial charge in [0.15, 0.2) is 0 Å². The minimum atomic E-state index is -0.151. The first-order valence-corrected chi connectivity index (χ1v) is 7.22. The molecule has 0 unspecified atom stereocenters. The van der Waals surface area contributed by atoms with E-state index in [1.54, 1.807) is 11.8 Å². The molecule has 0 fully saturated rings. The van der Waals surface area contributed by atoms with Crippen molar-refractivity contribution in [1.29, 1.82) is 0 Å². The van der Waals surface area contributed by atoms with E-state index >= 15 is 0 Å². The van der Waals surface area contributed by atoms with Crippen LogP contribution in [0.25, 0.3) is 0 Å². The first kappa shape index (κ1) is 14.0. The lowest BCUT2D eigenvalue weighted by molar-refractivity contribution is 0.953. The zero-order chi connectivity index (χ0) is 13.8. The normalized spacial score (nSPS) is 10.6. The molecule has 4 nitrogen and oxygen atoms in total. The summed E-state index contributed by atoms with van der Waals surface area (Å²) in [6.07, 6.45) is 0.582. The van der Waals surface area contributed by atoms with Gasteiger partial charge in [0.1, 0.15) is 11.6 Å². The van der Waals surface area contributed by atoms with Crippen molar-refractivity contribution in [3.05, 3.63) is 51.0 Å². The monoisotopic (exact) mass is 295 g/mol. The van der Waals surface area contributed by atoms with Crippen LogP contribution >= 0.6 is 23.4 Å². The van der Waals surface area contributed by atoms with Gasteiger partial charge in [0.25, 0.3) is 5.56 Å². The Bertz CT molecular complexity index is 625. The molecule has 1 aromatic carbocycles. The highest BCUT2D eigenvalue weighted by molar-refractivity contribution is 7.98. The fraction of sp³-hybridized carbons (Fsp3) is 0.231. The average Bonchev–Trinajstić information content (AvgIpc) is 2.38. The summed E-state index contributed by atoms with van der Waals surface area (Å²) in [6.45, 7) is 1.88. The molecule has 0 radical (unpaired) electrons. The molecule has 0 atom stereocenters. The fourth-order valence-corrected chi connectivity index (χ4v) is 2.55. The maximum Gasteiger partial charge on any atom is 0.256 e. The molecular formula is C13H14ClN3OS. The van der Waals surface area contributed by atoms with Gasteiger partial charge >= 0.3 is 0 Å². The van der Waals surface area contributed by atoms with Gasteiger partial charge < -0.3 is 10.7 Å². The van der Waals surface area contributed by atoms with Gasteiger partial charge in [-0.15, -0.1) is 11.8 Å². The number of nitrogens with one attached hydrogen (secondary N) is 1. The zero-order valence-electron chi connectivity index (χ0n) is 10.4. The van der Waals surface area contributed by atoms with Crippen LogP contribution in [0.15, 0.2) is 34.0 Å². The summed E-state index contributed by atoms with van der Waals surface area (Å²) in [6, 6.07) is 7.51. The van der Waals surface area contributed by atoms with Crippen molar-refractivity contribution >= 4 is 29.2 Å². The molecule has 1 aromatic heterocycles. The van der Waals surface area contributed by atoms with Gasteiger partial charge in [-0.1, -0.05) is 18.5 Å². The molecule has 0 amide bonds. The van der Waals surface area contributed by atoms with Crippen molar-refractivity contribution in [1.82, 2.24) is 9.97 Å². The summed E-state index contributed by atoms with van der Waals surface area (Å²) in [5.41, 5.74) is 6.15. The van der Waals surface area contributed by atoms with Crippen molar-refractivity contribution in [2.45, 2.75) is 24.0 Å². The summed E-state index contributed by atoms with van der Waals surface area (Å²) >= 11 is 7.38. The number of H-pyrrole nitrogens is 1. The molecule has 0 aliphatic carbocycles. The molecule has 0 aliphatic heterocycles. The Morgan fingerprint density at radius 3 is 2.63 bits per heavy atom. The standard InChI is InChI=1S/C13H14ClN3OS/c1-2-10-12(15)16-11(17-13(10)18)7-19-9-5-3-8(14)4-6-9/h3-6H,2,7H2,1H3,(H3,15,16,17,18). The van der Waals surface area contributed by atoms with Crippen molar-refractivity contribution in [3.63, 3.8) is 0 Å². The van der Waals surface area contributed by atoms with Gasteiger partial charge in [-0.3, -0.25) is 4.79 Å². The largest absolute Gasteiger partial charge is 0.383 e. The lowest BCUT2D eigenvalue weighted by atomic mass is 10.2. The van der Waals surface area contributed by atoms with E-state index in [0.717, 1.165) is 4.90 Å². The molecule has 0 saturated carbocycles. The summed E-state index contributed by atoms with van der Waals surface area (Å²) in [5.74, 6) is 1.46. The van der Waals surface area contributed by atoms with E-state index in [9.17, 15) is 4.79 Å². The summed E-state index contributed by atoms with van der Waals surface area (Å²) in [5, 5.41) is 0.701. The molecule has 100 valence electrons. The maximum atomic E-state index is 11.7. The number of nitrogens with zero attached hydrogens (tertiary/aromatic N) is 1. The Labute approximate surface area is 120 Å². The smallest absolute Gasteiger partial charge is 0.256 e. The SMILES string of the molecule is CCc1c(N)nc(CSc2ccc(Cl)cc2)[nH]c1=O. The lowest BCUT2D eigenvalue weighted by Gasteiger charge is -2.05. The van der Waals surface area contributed by atoms with Crippen LogP contribution in [0.5, 0.6) is 0 Å². The first-order valence-electron chi connectivity index (χ1n) is 5.86. The second-order valence-corrected chi connectivity index (χ2v) is 5.46. The van der Waals surface area contributed by atoms with Gasteiger partial charge in [0.05, 0.1) is 11.3 Å². The van der Waals surface area contributed by atoms with E-state index in [1.165, 1.54) is 0 Å². The molecule has 0 bridgehead atoms. The van der Waals surface area contributed by atoms with Crippen LogP contribution in [0.1, 0.15) is 18.3 Å². The highest BCUT2D eigenvalue weighted by Gasteiger charge is 2.07. The van der Waals surface area contributed by atoms with Crippen molar-refractivity contribution in [2.75, 3.05) is 5.73 Å². The Morgan fingerprint density at radius 2 is 2.05 bits per heavy atom. The van der Waals surface area contributed by atoms with Gasteiger partial charge in [-0.05, 0) is 30.7 Å². The number of anilines is 1. The third-order valence-electron chi connectivity index (χ3n) is 2.64. The van der Waals surface area contributed by atoms with Crippen molar-refractivity contribution in [3.8, 4) is 0 Å². The molecular weight excluding hydrogens is 282 g/mol. The topological polar surface area (TPSA) is 71.8 Å². The third-order valence-corrected chi connectivity index (χ3v) is 3.91. The molecule has 0 spiro atoms. The summed E-state index contributed by atoms with van der Waals surface area (Å²) in [4.78, 5) is 19.8. The van der Waals surface area contributed by atoms with E-state index in [1.807, 2.05) is 31.2 Å². The third kappa shape index (κ3) is 3.52. The van der Waals surface area contributed by atoms with Crippen LogP contribution in [0.4, 0.5) is 5.82 Å². The Balaban J connectivity index is 2.12. The number of aromatic amines is 1. The number of nitrogen functional groups attached to an aromatic ring is 1. The Kier molecular flexibility index (Phi) is 4.50. The maximum absolute atomic E-state index is 11.7. The van der Waals surface area contributed by atoms with Crippen LogP contribution in [0, 0.1) is 0 Å². The van der Waals surface area contributed by atoms with E-state index in [0.29, 0.717) is 34.4 Å². The zero-order valence-corrected chi connectivity index (χ0v) is 12.0. The average molecular weight is 296 g/mol. The summed E-state index contributed by atoms with van der Waals surface area (Å²) < 4.78 is 0. The van der Waals surface area contributed by atoms with Crippen LogP contribution in [0.3, 0.4) is 0 Å². The van der Waals surface area contributed by atoms with E-state index in [4.69, 9.17) is 17.3 Å². The summed E-state index contributed by atoms with van der Waals surface area (Å²) in [7, 11) is 0. The molecule has 1 heterocycles. The number of thioether (sulfide) groups is 1. The minimum Gasteiger partial charge on any atom is -0.383 e. The predicted molar refractivity (Wildman–Crippen MR) is 79.7 cm³/mol. The molecule has 0 aliphatic rings. The first-order chi connectivity index (χ1) is 9.10. The van der Waals surface area contributed by atoms with Crippen molar-refractivity contribution < 1.29 is 0 Å². The van der Waals surface area contributed by atoms with E-state index in [-0.39, 0.29) is 5.56 Å². The fourth-order valence-electron chi connectivity index (χ4n) is 1.66. The van der Waals surface area contributed by atoms with Gasteiger partial charge in [-0.25, -0.2) is 4.98 Å². The number of halogens is 1. The van der Waals surface area contributed by atoms with Crippen LogP contribution in [-0.2, 0) is 12.2 Å². The molecule has 6 heteroatoms. The number of nitrogens with two attached hydrogens (primary N) is 1. The van der Waals surface area contributed by atoms with Crippen LogP contribution in [0.2, 0.25) is 5.02 Å². The van der Waals surface area contributed by atoms with Gasteiger partial charge in [0, 0.05) is 9.92 Å². The van der Waals surface area contributed by atoms with Crippen LogP contribution in [-0.4, -0.2) is 9.97 Å². The molecule has 0 saturated heterocycles. The Hall–Kier alpha value is -1.46. The molecule has 3 N–H and O–H groups in total. The van der Waals surface area contributed by atoms with Gasteiger partial charge in [-0.2, -0.15) is 0 Å². The highest BCUT2D eigenvalue weighted by atomic mass is 35.5. The molecule has 2 rings (SSSR count). The van der Waals surface area contributed by atoms with E-state index in [2.05, 4.69) is 9.97 Å². The van der Waals surface area contributed by atoms with Crippen molar-refractivity contribution in [2.24, 2.45) is 0 Å². The second kappa shape index (κ2) is 6.12. The number of hydrogen-bond acceptors (Lipinski definition) is 4. The molecule has 2 aromatic rings. The lowest BCUT2D eigenvalue weighted by Crippen LogP contribution is -2.18. The predicted octanol–water partition coefficient (Wildman–Crippen LogP) is 2.86. The quantitative estimate of drug-likeness (QED) is 0.851. The number of benzene rings is 1. The number of hydrogen-bond donors (Lipinski definition) is 2. The van der Waals surface area contributed by atoms with E-state index < -0.39 is 0 Å². The number of rotatable bonds is 4. The minimum absolute atomic E-state index is 0.151. The Morgan fingerprint density at radius 1 is 1.37 bits per heavy atom. The number of aromatic nitrogens is 2. The van der Waals surface area contributed by atoms with Gasteiger partial charge in [0.2, 0.25) is 0 Å². The molecule has 19 heavy (non-hydrogen) atoms. The second-order valence-electron chi connectivity index (χ2n) is 3.97.